The number of hydrogen-bond donors (Lipinski definition) is 1. The maximum absolute atomic E-state index is 10.6. The fourth-order valence-corrected chi connectivity index (χ4v) is 1.75. The molecular formula is C7H14N2O3. The third-order valence-corrected chi connectivity index (χ3v) is 2.63. The summed E-state index contributed by atoms with van der Waals surface area (Å²) in [7, 11) is 0. The van der Waals surface area contributed by atoms with Gasteiger partial charge in [-0.3, -0.25) is 15.0 Å². The summed E-state index contributed by atoms with van der Waals surface area (Å²) in [4.78, 5) is 15.0. The highest BCUT2D eigenvalue weighted by atomic mass is 16.7. The summed E-state index contributed by atoms with van der Waals surface area (Å²) >= 11 is 0. The molecule has 2 atom stereocenters. The van der Waals surface area contributed by atoms with Crippen LogP contribution in [0.25, 0.3) is 0 Å². The van der Waals surface area contributed by atoms with Crippen molar-refractivity contribution in [2.75, 3.05) is 0 Å². The van der Waals surface area contributed by atoms with Gasteiger partial charge in [-0.05, 0) is 26.2 Å². The van der Waals surface area contributed by atoms with E-state index in [1.54, 1.807) is 6.92 Å². The summed E-state index contributed by atoms with van der Waals surface area (Å²) in [5, 5.41) is 10.6. The molecule has 0 saturated heterocycles. The van der Waals surface area contributed by atoms with Crippen LogP contribution in [-0.4, -0.2) is 16.6 Å². The topological polar surface area (TPSA) is 78.4 Å². The van der Waals surface area contributed by atoms with E-state index in [4.69, 9.17) is 10.7 Å². The highest BCUT2D eigenvalue weighted by Gasteiger charge is 2.45. The van der Waals surface area contributed by atoms with E-state index in [0.29, 0.717) is 12.8 Å². The number of nitrogens with zero attached hydrogens (tertiary/aromatic N) is 1. The molecule has 0 aromatic heterocycles. The van der Waals surface area contributed by atoms with Crippen LogP contribution in [0.1, 0.15) is 32.6 Å². The standard InChI is InChI=1S/C7H14N2O3/c1-7(12-8)5-3-2-4-6(7)9(10)11/h6H,2-5,8H2,1H3. The first kappa shape index (κ1) is 9.41. The van der Waals surface area contributed by atoms with E-state index >= 15 is 0 Å². The molecule has 0 aliphatic heterocycles. The fourth-order valence-electron chi connectivity index (χ4n) is 1.75. The highest BCUT2D eigenvalue weighted by Crippen LogP contribution is 2.31. The van der Waals surface area contributed by atoms with E-state index < -0.39 is 11.6 Å². The maximum atomic E-state index is 10.6. The van der Waals surface area contributed by atoms with Gasteiger partial charge in [-0.25, -0.2) is 5.90 Å². The molecule has 5 nitrogen and oxygen atoms in total. The van der Waals surface area contributed by atoms with Crippen molar-refractivity contribution < 1.29 is 9.76 Å². The fraction of sp³-hybridized carbons (Fsp3) is 1.00. The van der Waals surface area contributed by atoms with Gasteiger partial charge >= 0.3 is 0 Å². The highest BCUT2D eigenvalue weighted by molar-refractivity contribution is 4.87. The van der Waals surface area contributed by atoms with Crippen molar-refractivity contribution in [3.8, 4) is 0 Å². The molecule has 2 N–H and O–H groups in total. The molecule has 1 fully saturated rings. The normalized spacial score (nSPS) is 36.3. The zero-order chi connectivity index (χ0) is 9.19. The number of nitrogens with two attached hydrogens (primary N) is 1. The second-order valence-corrected chi connectivity index (χ2v) is 3.48. The van der Waals surface area contributed by atoms with E-state index in [1.807, 2.05) is 0 Å². The molecule has 1 aliphatic carbocycles. The van der Waals surface area contributed by atoms with Gasteiger partial charge in [-0.2, -0.15) is 0 Å². The summed E-state index contributed by atoms with van der Waals surface area (Å²) in [6.45, 7) is 1.71. The quantitative estimate of drug-likeness (QED) is 0.497. The second kappa shape index (κ2) is 3.37. The molecule has 0 spiro atoms. The summed E-state index contributed by atoms with van der Waals surface area (Å²) in [5.41, 5.74) is -0.762. The Balaban J connectivity index is 2.73. The SMILES string of the molecule is CC1(ON)CCCCC1[N+](=O)[O-]. The first-order valence-corrected chi connectivity index (χ1v) is 4.11. The summed E-state index contributed by atoms with van der Waals surface area (Å²) < 4.78 is 0. The van der Waals surface area contributed by atoms with E-state index in [1.165, 1.54) is 0 Å². The Morgan fingerprint density at radius 2 is 2.33 bits per heavy atom. The van der Waals surface area contributed by atoms with Crippen LogP contribution in [0, 0.1) is 10.1 Å². The minimum Gasteiger partial charge on any atom is -0.291 e. The van der Waals surface area contributed by atoms with Gasteiger partial charge in [0.25, 0.3) is 0 Å². The Kier molecular flexibility index (Phi) is 2.64. The van der Waals surface area contributed by atoms with Gasteiger partial charge in [0.05, 0.1) is 0 Å². The summed E-state index contributed by atoms with van der Waals surface area (Å²) in [6.07, 6.45) is 3.10. The number of rotatable bonds is 2. The summed E-state index contributed by atoms with van der Waals surface area (Å²) in [6, 6.07) is -0.642. The Morgan fingerprint density at radius 1 is 1.67 bits per heavy atom. The Bertz CT molecular complexity index is 185. The molecule has 2 unspecified atom stereocenters. The second-order valence-electron chi connectivity index (χ2n) is 3.48. The first-order chi connectivity index (χ1) is 5.60. The molecule has 0 amide bonds. The molecule has 0 bridgehead atoms. The third kappa shape index (κ3) is 1.56. The molecule has 0 radical (unpaired) electrons. The van der Waals surface area contributed by atoms with Gasteiger partial charge in [0.2, 0.25) is 6.04 Å². The lowest BCUT2D eigenvalue weighted by Crippen LogP contribution is -2.50. The largest absolute Gasteiger partial charge is 0.291 e. The van der Waals surface area contributed by atoms with Crippen molar-refractivity contribution >= 4 is 0 Å². The van der Waals surface area contributed by atoms with E-state index in [0.717, 1.165) is 12.8 Å². The van der Waals surface area contributed by atoms with Gasteiger partial charge in [0, 0.05) is 11.3 Å². The molecule has 70 valence electrons. The van der Waals surface area contributed by atoms with Crippen LogP contribution in [0.3, 0.4) is 0 Å². The van der Waals surface area contributed by atoms with Crippen LogP contribution >= 0.6 is 0 Å². The molecule has 0 heterocycles. The van der Waals surface area contributed by atoms with Crippen LogP contribution in [-0.2, 0) is 4.84 Å². The zero-order valence-electron chi connectivity index (χ0n) is 7.16. The van der Waals surface area contributed by atoms with E-state index in [9.17, 15) is 10.1 Å². The predicted molar refractivity (Wildman–Crippen MR) is 42.9 cm³/mol. The molecular weight excluding hydrogens is 160 g/mol. The molecule has 1 aliphatic rings. The Hall–Kier alpha value is -0.680. The van der Waals surface area contributed by atoms with Crippen LogP contribution in [0.2, 0.25) is 0 Å². The predicted octanol–water partition coefficient (Wildman–Crippen LogP) is 0.855. The number of nitro groups is 1. The third-order valence-electron chi connectivity index (χ3n) is 2.63. The van der Waals surface area contributed by atoms with E-state index in [-0.39, 0.29) is 4.92 Å². The van der Waals surface area contributed by atoms with E-state index in [2.05, 4.69) is 0 Å². The average molecular weight is 174 g/mol. The van der Waals surface area contributed by atoms with Crippen LogP contribution < -0.4 is 5.90 Å². The molecule has 1 saturated carbocycles. The van der Waals surface area contributed by atoms with Crippen molar-refractivity contribution in [3.63, 3.8) is 0 Å². The maximum Gasteiger partial charge on any atom is 0.243 e. The molecule has 5 heteroatoms. The lowest BCUT2D eigenvalue weighted by molar-refractivity contribution is -0.550. The van der Waals surface area contributed by atoms with Gasteiger partial charge in [-0.1, -0.05) is 0 Å². The average Bonchev–Trinajstić information content (AvgIpc) is 2.05. The Morgan fingerprint density at radius 3 is 2.75 bits per heavy atom. The number of hydrogen-bond acceptors (Lipinski definition) is 4. The van der Waals surface area contributed by atoms with Crippen LogP contribution in [0.15, 0.2) is 0 Å². The molecule has 1 rings (SSSR count). The minimum atomic E-state index is -0.762. The monoisotopic (exact) mass is 174 g/mol. The van der Waals surface area contributed by atoms with Gasteiger partial charge < -0.3 is 0 Å². The van der Waals surface area contributed by atoms with Crippen molar-refractivity contribution in [1.82, 2.24) is 0 Å². The van der Waals surface area contributed by atoms with Crippen molar-refractivity contribution in [2.24, 2.45) is 5.90 Å². The summed E-state index contributed by atoms with van der Waals surface area (Å²) in [5.74, 6) is 5.06. The van der Waals surface area contributed by atoms with Crippen LogP contribution in [0.5, 0.6) is 0 Å². The first-order valence-electron chi connectivity index (χ1n) is 4.11. The lowest BCUT2D eigenvalue weighted by atomic mass is 9.82. The smallest absolute Gasteiger partial charge is 0.243 e. The van der Waals surface area contributed by atoms with Crippen molar-refractivity contribution in [3.05, 3.63) is 10.1 Å². The minimum absolute atomic E-state index is 0.286. The molecule has 0 aromatic rings. The Labute approximate surface area is 71.0 Å². The lowest BCUT2D eigenvalue weighted by Gasteiger charge is -2.33. The van der Waals surface area contributed by atoms with Gasteiger partial charge in [0.15, 0.2) is 5.60 Å². The molecule has 12 heavy (non-hydrogen) atoms. The van der Waals surface area contributed by atoms with Crippen molar-refractivity contribution in [1.29, 1.82) is 0 Å². The van der Waals surface area contributed by atoms with Crippen LogP contribution in [0.4, 0.5) is 0 Å². The van der Waals surface area contributed by atoms with Gasteiger partial charge in [0.1, 0.15) is 0 Å². The molecule has 0 aromatic carbocycles. The van der Waals surface area contributed by atoms with Crippen molar-refractivity contribution in [2.45, 2.75) is 44.2 Å². The zero-order valence-corrected chi connectivity index (χ0v) is 7.16. The van der Waals surface area contributed by atoms with Gasteiger partial charge in [-0.15, -0.1) is 0 Å².